The number of halogens is 1. The molecule has 92 valence electrons. The number of nitrogens with two attached hydrogens (primary N) is 1. The highest BCUT2D eigenvalue weighted by Gasteiger charge is 2.20. The Morgan fingerprint density at radius 3 is 2.88 bits per heavy atom. The highest BCUT2D eigenvalue weighted by Crippen LogP contribution is 2.21. The van der Waals surface area contributed by atoms with Crippen LogP contribution in [0.3, 0.4) is 0 Å². The summed E-state index contributed by atoms with van der Waals surface area (Å²) in [5.41, 5.74) is 7.37. The molecular weight excluding hydrogens is 256 g/mol. The fourth-order valence-electron chi connectivity index (χ4n) is 2.03. The molecule has 1 aromatic carbocycles. The molecule has 0 spiro atoms. The summed E-state index contributed by atoms with van der Waals surface area (Å²) in [6.45, 7) is 2.38. The Kier molecular flexibility index (Phi) is 3.99. The van der Waals surface area contributed by atoms with Gasteiger partial charge < -0.3 is 10.8 Å². The number of hydrogen-bond donors (Lipinski definition) is 2. The van der Waals surface area contributed by atoms with Crippen LogP contribution in [0.25, 0.3) is 0 Å². The van der Waals surface area contributed by atoms with Gasteiger partial charge in [0.1, 0.15) is 4.99 Å². The van der Waals surface area contributed by atoms with E-state index in [1.165, 1.54) is 0 Å². The van der Waals surface area contributed by atoms with Crippen molar-refractivity contribution in [2.24, 2.45) is 5.73 Å². The van der Waals surface area contributed by atoms with Gasteiger partial charge in [-0.2, -0.15) is 0 Å². The average Bonchev–Trinajstić information content (AvgIpc) is 2.67. The molecule has 1 aromatic rings. The van der Waals surface area contributed by atoms with Gasteiger partial charge >= 0.3 is 0 Å². The van der Waals surface area contributed by atoms with Gasteiger partial charge in [0.15, 0.2) is 0 Å². The van der Waals surface area contributed by atoms with E-state index in [2.05, 4.69) is 4.90 Å². The van der Waals surface area contributed by atoms with E-state index < -0.39 is 0 Å². The van der Waals surface area contributed by atoms with Gasteiger partial charge in [-0.15, -0.1) is 0 Å². The molecule has 3 N–H and O–H groups in total. The Balaban J connectivity index is 2.09. The van der Waals surface area contributed by atoms with E-state index in [1.807, 2.05) is 12.1 Å². The third-order valence-corrected chi connectivity index (χ3v) is 3.57. The second-order valence-corrected chi connectivity index (χ2v) is 5.20. The standard InChI is InChI=1S/C12H15ClN2OS/c13-11-5-8(12(14)17)1-2-9(11)6-15-4-3-10(16)7-15/h1-2,5,10,16H,3-4,6-7H2,(H2,14,17). The van der Waals surface area contributed by atoms with Crippen LogP contribution in [0.2, 0.25) is 5.02 Å². The van der Waals surface area contributed by atoms with Gasteiger partial charge in [-0.3, -0.25) is 4.90 Å². The van der Waals surface area contributed by atoms with Crippen molar-refractivity contribution in [2.75, 3.05) is 13.1 Å². The van der Waals surface area contributed by atoms with Crippen molar-refractivity contribution in [3.63, 3.8) is 0 Å². The molecule has 5 heteroatoms. The van der Waals surface area contributed by atoms with Crippen LogP contribution >= 0.6 is 23.8 Å². The van der Waals surface area contributed by atoms with E-state index in [1.54, 1.807) is 6.07 Å². The Bertz CT molecular complexity index is 439. The minimum absolute atomic E-state index is 0.204. The molecule has 1 unspecified atom stereocenters. The van der Waals surface area contributed by atoms with Crippen LogP contribution in [0.5, 0.6) is 0 Å². The Labute approximate surface area is 111 Å². The normalized spacial score (nSPS) is 20.7. The lowest BCUT2D eigenvalue weighted by atomic mass is 10.1. The summed E-state index contributed by atoms with van der Waals surface area (Å²) >= 11 is 11.1. The molecule has 1 fully saturated rings. The molecule has 1 heterocycles. The summed E-state index contributed by atoms with van der Waals surface area (Å²) in [5.74, 6) is 0. The molecule has 0 aliphatic carbocycles. The lowest BCUT2D eigenvalue weighted by Gasteiger charge is -2.16. The maximum absolute atomic E-state index is 9.46. The van der Waals surface area contributed by atoms with Gasteiger partial charge in [-0.05, 0) is 18.1 Å². The highest BCUT2D eigenvalue weighted by atomic mass is 35.5. The zero-order valence-electron chi connectivity index (χ0n) is 9.40. The van der Waals surface area contributed by atoms with Crippen LogP contribution in [0.15, 0.2) is 18.2 Å². The molecule has 0 amide bonds. The molecule has 0 aromatic heterocycles. The number of aliphatic hydroxyl groups excluding tert-OH is 1. The molecule has 1 atom stereocenters. The van der Waals surface area contributed by atoms with Gasteiger partial charge in [-0.25, -0.2) is 0 Å². The van der Waals surface area contributed by atoms with E-state index in [-0.39, 0.29) is 6.10 Å². The van der Waals surface area contributed by atoms with Crippen LogP contribution in [-0.4, -0.2) is 34.2 Å². The fourth-order valence-corrected chi connectivity index (χ4v) is 2.39. The van der Waals surface area contributed by atoms with Crippen molar-refractivity contribution < 1.29 is 5.11 Å². The lowest BCUT2D eigenvalue weighted by molar-refractivity contribution is 0.175. The van der Waals surface area contributed by atoms with Crippen molar-refractivity contribution in [1.29, 1.82) is 0 Å². The summed E-state index contributed by atoms with van der Waals surface area (Å²) in [4.78, 5) is 2.54. The van der Waals surface area contributed by atoms with Crippen LogP contribution in [0.1, 0.15) is 17.5 Å². The molecule has 0 saturated carbocycles. The summed E-state index contributed by atoms with van der Waals surface area (Å²) in [7, 11) is 0. The minimum atomic E-state index is -0.204. The van der Waals surface area contributed by atoms with Crippen LogP contribution < -0.4 is 5.73 Å². The maximum Gasteiger partial charge on any atom is 0.104 e. The Morgan fingerprint density at radius 1 is 1.59 bits per heavy atom. The largest absolute Gasteiger partial charge is 0.392 e. The first-order valence-corrected chi connectivity index (χ1v) is 6.33. The molecule has 0 radical (unpaired) electrons. The third kappa shape index (κ3) is 3.16. The molecule has 2 rings (SSSR count). The number of aliphatic hydroxyl groups is 1. The van der Waals surface area contributed by atoms with E-state index in [4.69, 9.17) is 29.6 Å². The van der Waals surface area contributed by atoms with Gasteiger partial charge in [-0.1, -0.05) is 36.0 Å². The SMILES string of the molecule is NC(=S)c1ccc(CN2CCC(O)C2)c(Cl)c1. The first kappa shape index (κ1) is 12.8. The van der Waals surface area contributed by atoms with Crippen LogP contribution in [0.4, 0.5) is 0 Å². The predicted octanol–water partition coefficient (Wildman–Crippen LogP) is 1.54. The number of hydrogen-bond acceptors (Lipinski definition) is 3. The molecule has 1 aliphatic heterocycles. The van der Waals surface area contributed by atoms with Crippen molar-refractivity contribution in [1.82, 2.24) is 4.90 Å². The van der Waals surface area contributed by atoms with Crippen molar-refractivity contribution in [3.05, 3.63) is 34.3 Å². The molecule has 0 bridgehead atoms. The van der Waals surface area contributed by atoms with Crippen LogP contribution in [-0.2, 0) is 6.54 Å². The molecule has 1 saturated heterocycles. The lowest BCUT2D eigenvalue weighted by Crippen LogP contribution is -2.21. The zero-order chi connectivity index (χ0) is 12.4. The van der Waals surface area contributed by atoms with Gasteiger partial charge in [0.25, 0.3) is 0 Å². The summed E-state index contributed by atoms with van der Waals surface area (Å²) < 4.78 is 0. The minimum Gasteiger partial charge on any atom is -0.392 e. The van der Waals surface area contributed by atoms with Gasteiger partial charge in [0.2, 0.25) is 0 Å². The predicted molar refractivity (Wildman–Crippen MR) is 73.2 cm³/mol. The number of likely N-dealkylation sites (tertiary alicyclic amines) is 1. The first-order chi connectivity index (χ1) is 8.06. The number of thiocarbonyl (C=S) groups is 1. The van der Waals surface area contributed by atoms with Crippen molar-refractivity contribution in [3.8, 4) is 0 Å². The molecular formula is C12H15ClN2OS. The maximum atomic E-state index is 9.46. The monoisotopic (exact) mass is 270 g/mol. The molecule has 3 nitrogen and oxygen atoms in total. The zero-order valence-corrected chi connectivity index (χ0v) is 11.0. The van der Waals surface area contributed by atoms with E-state index >= 15 is 0 Å². The second-order valence-electron chi connectivity index (χ2n) is 4.35. The Morgan fingerprint density at radius 2 is 2.35 bits per heavy atom. The van der Waals surface area contributed by atoms with Crippen molar-refractivity contribution in [2.45, 2.75) is 19.1 Å². The third-order valence-electron chi connectivity index (χ3n) is 2.98. The molecule has 17 heavy (non-hydrogen) atoms. The van der Waals surface area contributed by atoms with Crippen molar-refractivity contribution >= 4 is 28.8 Å². The second kappa shape index (κ2) is 5.31. The van der Waals surface area contributed by atoms with E-state index in [0.29, 0.717) is 16.6 Å². The number of nitrogens with zero attached hydrogens (tertiary/aromatic N) is 1. The topological polar surface area (TPSA) is 49.5 Å². The molecule has 1 aliphatic rings. The van der Waals surface area contributed by atoms with Crippen LogP contribution in [0, 0.1) is 0 Å². The summed E-state index contributed by atoms with van der Waals surface area (Å²) in [5, 5.41) is 10.1. The van der Waals surface area contributed by atoms with Gasteiger partial charge in [0.05, 0.1) is 6.10 Å². The fraction of sp³-hybridized carbons (Fsp3) is 0.417. The summed E-state index contributed by atoms with van der Waals surface area (Å²) in [6.07, 6.45) is 0.632. The quantitative estimate of drug-likeness (QED) is 0.818. The summed E-state index contributed by atoms with van der Waals surface area (Å²) in [6, 6.07) is 5.63. The highest BCUT2D eigenvalue weighted by molar-refractivity contribution is 7.80. The van der Waals surface area contributed by atoms with Gasteiger partial charge in [0, 0.05) is 30.2 Å². The Hall–Kier alpha value is -0.680. The smallest absolute Gasteiger partial charge is 0.104 e. The number of rotatable bonds is 3. The first-order valence-electron chi connectivity index (χ1n) is 5.55. The van der Waals surface area contributed by atoms with E-state index in [0.717, 1.165) is 30.6 Å². The van der Waals surface area contributed by atoms with E-state index in [9.17, 15) is 5.11 Å². The number of benzene rings is 1. The number of β-amino-alcohol motifs (C(OH)–C–C–N with tert-alkyl or cyclic N) is 1. The average molecular weight is 271 g/mol.